The molecule has 5 atom stereocenters. The number of esters is 2. The van der Waals surface area contributed by atoms with Crippen molar-refractivity contribution in [1.82, 2.24) is 0 Å². The number of fused-ring (bicyclic) bond motifs is 1. The smallest absolute Gasteiger partial charge is 0.331 e. The fourth-order valence-electron chi connectivity index (χ4n) is 3.71. The van der Waals surface area contributed by atoms with E-state index in [1.54, 1.807) is 20.8 Å². The lowest BCUT2D eigenvalue weighted by Crippen LogP contribution is -2.48. The predicted octanol–water partition coefficient (Wildman–Crippen LogP) is 4.40. The van der Waals surface area contributed by atoms with Gasteiger partial charge in [0, 0.05) is 24.5 Å². The molecule has 2 aliphatic rings. The van der Waals surface area contributed by atoms with E-state index in [9.17, 15) is 14.4 Å². The average Bonchev–Trinajstić information content (AvgIpc) is 3.30. The topological polar surface area (TPSA) is 82.2 Å². The molecule has 0 spiro atoms. The van der Waals surface area contributed by atoms with Gasteiger partial charge < -0.3 is 14.2 Å². The van der Waals surface area contributed by atoms with Crippen LogP contribution < -0.4 is 0 Å². The molecule has 2 fully saturated rings. The Balaban J connectivity index is 2.32. The molecular weight excluding hydrogens is 396 g/mol. The molecule has 0 aromatic heterocycles. The van der Waals surface area contributed by atoms with E-state index in [1.165, 1.54) is 12.2 Å². The highest BCUT2D eigenvalue weighted by molar-refractivity contribution is 5.97. The maximum atomic E-state index is 13.1. The van der Waals surface area contributed by atoms with Gasteiger partial charge in [-0.25, -0.2) is 9.59 Å². The molecule has 1 aliphatic carbocycles. The second-order valence-electron chi connectivity index (χ2n) is 9.24. The minimum Gasteiger partial charge on any atom is -0.454 e. The van der Waals surface area contributed by atoms with E-state index in [4.69, 9.17) is 14.2 Å². The Kier molecular flexibility index (Phi) is 7.82. The maximum Gasteiger partial charge on any atom is 0.331 e. The second kappa shape index (κ2) is 9.77. The molecular formula is C25H34O6. The second-order valence-corrected chi connectivity index (χ2v) is 9.24. The molecule has 0 bridgehead atoms. The number of carbonyl (C=O) groups excluding carboxylic acids is 3. The highest BCUT2D eigenvalue weighted by atomic mass is 16.6. The maximum absolute atomic E-state index is 13.1. The lowest BCUT2D eigenvalue weighted by molar-refractivity contribution is -0.156. The van der Waals surface area contributed by atoms with E-state index in [0.717, 1.165) is 16.7 Å². The van der Waals surface area contributed by atoms with Crippen molar-refractivity contribution in [2.75, 3.05) is 0 Å². The zero-order valence-electron chi connectivity index (χ0n) is 19.6. The first-order valence-corrected chi connectivity index (χ1v) is 10.6. The van der Waals surface area contributed by atoms with Crippen molar-refractivity contribution in [3.8, 4) is 0 Å². The van der Waals surface area contributed by atoms with E-state index in [0.29, 0.717) is 18.4 Å². The number of Topliss-reactive ketones (excluding diaryl/α,β-unsaturated/α-hetero) is 1. The van der Waals surface area contributed by atoms with Crippen molar-refractivity contribution < 1.29 is 28.6 Å². The lowest BCUT2D eigenvalue weighted by Gasteiger charge is -2.34. The molecule has 0 amide bonds. The number of allylic oxidation sites excluding steroid dienone is 3. The number of carbonyl (C=O) groups is 3. The molecule has 1 aliphatic heterocycles. The summed E-state index contributed by atoms with van der Waals surface area (Å²) in [6, 6.07) is 0. The Morgan fingerprint density at radius 1 is 1.10 bits per heavy atom. The highest BCUT2D eigenvalue weighted by Gasteiger charge is 2.66. The molecule has 0 radical (unpaired) electrons. The molecule has 6 nitrogen and oxygen atoms in total. The molecule has 170 valence electrons. The predicted molar refractivity (Wildman–Crippen MR) is 118 cm³/mol. The number of ether oxygens (including phenoxy) is 3. The fraction of sp³-hybridized carbons (Fsp3) is 0.560. The number of rotatable bonds is 8. The van der Waals surface area contributed by atoms with Gasteiger partial charge in [-0.1, -0.05) is 29.4 Å². The Morgan fingerprint density at radius 2 is 1.68 bits per heavy atom. The molecule has 0 aromatic carbocycles. The molecule has 1 saturated carbocycles. The van der Waals surface area contributed by atoms with Crippen LogP contribution in [0.5, 0.6) is 0 Å². The van der Waals surface area contributed by atoms with Crippen LogP contribution >= 0.6 is 0 Å². The summed E-state index contributed by atoms with van der Waals surface area (Å²) < 4.78 is 16.9. The van der Waals surface area contributed by atoms with E-state index in [2.05, 4.69) is 6.58 Å². The van der Waals surface area contributed by atoms with Crippen LogP contribution in [0, 0.1) is 5.92 Å². The molecule has 31 heavy (non-hydrogen) atoms. The van der Waals surface area contributed by atoms with Gasteiger partial charge in [-0.2, -0.15) is 0 Å². The zero-order valence-corrected chi connectivity index (χ0v) is 19.6. The molecule has 0 aromatic rings. The van der Waals surface area contributed by atoms with E-state index < -0.39 is 35.7 Å². The first-order valence-electron chi connectivity index (χ1n) is 10.6. The standard InChI is InChI=1S/C25H34O6/c1-14(2)9-10-19(29-21(26)11-15(3)4)17(7)18-13-20-25(8,31-20)24(28)23(18)30-22(27)12-16(5)6/h9,11-12,18-20,23H,7,10,13H2,1-6,8H3. The largest absolute Gasteiger partial charge is 0.454 e. The molecule has 0 N–H and O–H groups in total. The molecule has 1 saturated heterocycles. The lowest BCUT2D eigenvalue weighted by atomic mass is 9.74. The normalized spacial score (nSPS) is 27.2. The third-order valence-corrected chi connectivity index (χ3v) is 5.47. The van der Waals surface area contributed by atoms with Crippen LogP contribution in [0.2, 0.25) is 0 Å². The number of hydrogen-bond acceptors (Lipinski definition) is 6. The van der Waals surface area contributed by atoms with Gasteiger partial charge in [-0.15, -0.1) is 0 Å². The van der Waals surface area contributed by atoms with E-state index in [1.807, 2.05) is 33.8 Å². The number of epoxide rings is 1. The summed E-state index contributed by atoms with van der Waals surface area (Å²) in [5.41, 5.74) is 2.28. The summed E-state index contributed by atoms with van der Waals surface area (Å²) in [4.78, 5) is 37.7. The minimum absolute atomic E-state index is 0.252. The molecule has 5 unspecified atom stereocenters. The zero-order chi connectivity index (χ0) is 23.5. The van der Waals surface area contributed by atoms with Crippen molar-refractivity contribution in [1.29, 1.82) is 0 Å². The van der Waals surface area contributed by atoms with Crippen molar-refractivity contribution in [3.05, 3.63) is 47.1 Å². The van der Waals surface area contributed by atoms with E-state index >= 15 is 0 Å². The summed E-state index contributed by atoms with van der Waals surface area (Å²) >= 11 is 0. The highest BCUT2D eigenvalue weighted by Crippen LogP contribution is 2.50. The van der Waals surface area contributed by atoms with Crippen LogP contribution in [0.4, 0.5) is 0 Å². The third kappa shape index (κ3) is 6.26. The van der Waals surface area contributed by atoms with Crippen LogP contribution in [0.1, 0.15) is 61.3 Å². The van der Waals surface area contributed by atoms with Gasteiger partial charge in [0.2, 0.25) is 5.78 Å². The van der Waals surface area contributed by atoms with Crippen molar-refractivity contribution in [2.24, 2.45) is 5.92 Å². The summed E-state index contributed by atoms with van der Waals surface area (Å²) in [5, 5.41) is 0. The summed E-state index contributed by atoms with van der Waals surface area (Å²) in [5.74, 6) is -1.83. The third-order valence-electron chi connectivity index (χ3n) is 5.47. The Hall–Kier alpha value is -2.47. The number of ketones is 1. The van der Waals surface area contributed by atoms with Gasteiger partial charge in [0.15, 0.2) is 11.7 Å². The van der Waals surface area contributed by atoms with Gasteiger partial charge in [0.25, 0.3) is 0 Å². The van der Waals surface area contributed by atoms with Gasteiger partial charge in [-0.05, 0) is 60.5 Å². The van der Waals surface area contributed by atoms with Gasteiger partial charge in [0.1, 0.15) is 6.10 Å². The van der Waals surface area contributed by atoms with Crippen LogP contribution in [0.3, 0.4) is 0 Å². The number of hydrogen-bond donors (Lipinski definition) is 0. The molecule has 1 heterocycles. The van der Waals surface area contributed by atoms with Crippen LogP contribution in [0.25, 0.3) is 0 Å². The van der Waals surface area contributed by atoms with Gasteiger partial charge in [0.05, 0.1) is 6.10 Å². The Bertz CT molecular complexity index is 849. The monoisotopic (exact) mass is 430 g/mol. The first kappa shape index (κ1) is 24.8. The SMILES string of the molecule is C=C(C(CC=C(C)C)OC(=O)C=C(C)C)C1CC2OC2(C)C(=O)C1OC(=O)C=C(C)C. The minimum atomic E-state index is -1.03. The van der Waals surface area contributed by atoms with Gasteiger partial charge >= 0.3 is 11.9 Å². The quantitative estimate of drug-likeness (QED) is 0.246. The fourth-order valence-corrected chi connectivity index (χ4v) is 3.71. The summed E-state index contributed by atoms with van der Waals surface area (Å²) in [6.07, 6.45) is 3.69. The summed E-state index contributed by atoms with van der Waals surface area (Å²) in [6.45, 7) is 17.0. The average molecular weight is 431 g/mol. The van der Waals surface area contributed by atoms with Crippen molar-refractivity contribution >= 4 is 17.7 Å². The molecule has 2 rings (SSSR count). The first-order chi connectivity index (χ1) is 14.3. The van der Waals surface area contributed by atoms with Crippen LogP contribution in [-0.4, -0.2) is 41.6 Å². The Morgan fingerprint density at radius 3 is 2.23 bits per heavy atom. The van der Waals surface area contributed by atoms with E-state index in [-0.39, 0.29) is 11.9 Å². The Labute approximate surface area is 185 Å². The van der Waals surface area contributed by atoms with Gasteiger partial charge in [-0.3, -0.25) is 4.79 Å². The van der Waals surface area contributed by atoms with Crippen molar-refractivity contribution in [3.63, 3.8) is 0 Å². The molecule has 6 heteroatoms. The van der Waals surface area contributed by atoms with Crippen LogP contribution in [0.15, 0.2) is 47.1 Å². The summed E-state index contributed by atoms with van der Waals surface area (Å²) in [7, 11) is 0. The van der Waals surface area contributed by atoms with Crippen molar-refractivity contribution in [2.45, 2.75) is 85.2 Å². The van der Waals surface area contributed by atoms with Crippen LogP contribution in [-0.2, 0) is 28.6 Å².